The van der Waals surface area contributed by atoms with E-state index in [1.165, 1.54) is 6.07 Å². The number of anilines is 1. The standard InChI is InChI=1S/C21H21NO4/c1-2-26-21(25)12-6-9-18-17(10-12)14-4-3-5-15(14)20(22-18)16-8-7-13(23)11-19(16)24/h3-4,6-11,14-15,20,22-24H,2,5H2,1H3. The van der Waals surface area contributed by atoms with Gasteiger partial charge in [0, 0.05) is 23.2 Å². The molecule has 26 heavy (non-hydrogen) atoms. The molecule has 5 nitrogen and oxygen atoms in total. The molecule has 4 rings (SSSR count). The monoisotopic (exact) mass is 351 g/mol. The molecule has 0 saturated carbocycles. The molecular weight excluding hydrogens is 330 g/mol. The van der Waals surface area contributed by atoms with Crippen LogP contribution in [0.3, 0.4) is 0 Å². The lowest BCUT2D eigenvalue weighted by molar-refractivity contribution is 0.0526. The van der Waals surface area contributed by atoms with Gasteiger partial charge in [0.1, 0.15) is 11.5 Å². The van der Waals surface area contributed by atoms with E-state index in [0.717, 1.165) is 23.2 Å². The summed E-state index contributed by atoms with van der Waals surface area (Å²) < 4.78 is 5.11. The second-order valence-electron chi connectivity index (χ2n) is 6.74. The predicted molar refractivity (Wildman–Crippen MR) is 98.5 cm³/mol. The molecule has 0 radical (unpaired) electrons. The first kappa shape index (κ1) is 16.5. The van der Waals surface area contributed by atoms with Crippen LogP contribution in [0.25, 0.3) is 0 Å². The maximum Gasteiger partial charge on any atom is 0.338 e. The maximum absolute atomic E-state index is 12.1. The van der Waals surface area contributed by atoms with Gasteiger partial charge in [-0.1, -0.05) is 12.2 Å². The molecule has 0 aromatic heterocycles. The van der Waals surface area contributed by atoms with E-state index in [1.54, 1.807) is 25.1 Å². The molecule has 134 valence electrons. The first-order valence-electron chi connectivity index (χ1n) is 8.84. The minimum Gasteiger partial charge on any atom is -0.508 e. The number of phenols is 2. The van der Waals surface area contributed by atoms with Crippen LogP contribution in [0.2, 0.25) is 0 Å². The lowest BCUT2D eigenvalue weighted by atomic mass is 9.76. The summed E-state index contributed by atoms with van der Waals surface area (Å²) in [6, 6.07) is 10.2. The molecule has 3 unspecified atom stereocenters. The molecule has 1 aliphatic carbocycles. The largest absolute Gasteiger partial charge is 0.508 e. The van der Waals surface area contributed by atoms with Gasteiger partial charge >= 0.3 is 5.97 Å². The number of phenolic OH excluding ortho intramolecular Hbond substituents is 2. The van der Waals surface area contributed by atoms with Gasteiger partial charge in [-0.2, -0.15) is 0 Å². The molecule has 2 aromatic rings. The number of aromatic hydroxyl groups is 2. The Morgan fingerprint density at radius 3 is 2.81 bits per heavy atom. The zero-order valence-corrected chi connectivity index (χ0v) is 14.5. The first-order valence-corrected chi connectivity index (χ1v) is 8.84. The van der Waals surface area contributed by atoms with Crippen molar-refractivity contribution in [1.29, 1.82) is 0 Å². The van der Waals surface area contributed by atoms with Gasteiger partial charge in [-0.15, -0.1) is 0 Å². The highest BCUT2D eigenvalue weighted by atomic mass is 16.5. The minimum atomic E-state index is -0.313. The first-order chi connectivity index (χ1) is 12.6. The van der Waals surface area contributed by atoms with Gasteiger partial charge in [0.2, 0.25) is 0 Å². The van der Waals surface area contributed by atoms with Crippen molar-refractivity contribution in [2.75, 3.05) is 11.9 Å². The molecule has 0 amide bonds. The van der Waals surface area contributed by atoms with E-state index in [9.17, 15) is 15.0 Å². The highest BCUT2D eigenvalue weighted by molar-refractivity contribution is 5.90. The van der Waals surface area contributed by atoms with Crippen LogP contribution in [0.1, 0.15) is 46.8 Å². The average molecular weight is 351 g/mol. The molecule has 1 heterocycles. The Morgan fingerprint density at radius 1 is 1.19 bits per heavy atom. The van der Waals surface area contributed by atoms with Crippen LogP contribution in [0, 0.1) is 5.92 Å². The number of hydrogen-bond acceptors (Lipinski definition) is 5. The summed E-state index contributed by atoms with van der Waals surface area (Å²) in [6.45, 7) is 2.14. The molecule has 0 spiro atoms. The molecule has 0 bridgehead atoms. The predicted octanol–water partition coefficient (Wildman–Crippen LogP) is 4.10. The molecule has 0 fully saturated rings. The fourth-order valence-electron chi connectivity index (χ4n) is 4.04. The number of allylic oxidation sites excluding steroid dienone is 2. The smallest absolute Gasteiger partial charge is 0.338 e. The number of esters is 1. The highest BCUT2D eigenvalue weighted by Crippen LogP contribution is 2.51. The maximum atomic E-state index is 12.1. The Labute approximate surface area is 151 Å². The van der Waals surface area contributed by atoms with Gasteiger partial charge in [0.25, 0.3) is 0 Å². The van der Waals surface area contributed by atoms with Gasteiger partial charge in [0.05, 0.1) is 18.2 Å². The summed E-state index contributed by atoms with van der Waals surface area (Å²) >= 11 is 0. The van der Waals surface area contributed by atoms with Gasteiger partial charge in [-0.25, -0.2) is 4.79 Å². The lowest BCUT2D eigenvalue weighted by Gasteiger charge is -2.37. The Morgan fingerprint density at radius 2 is 2.04 bits per heavy atom. The molecule has 2 aliphatic rings. The van der Waals surface area contributed by atoms with Crippen molar-refractivity contribution in [2.24, 2.45) is 5.92 Å². The SMILES string of the molecule is CCOC(=O)c1ccc2c(c1)C1C=CCC1C(c1ccc(O)cc1O)N2. The van der Waals surface area contributed by atoms with Crippen LogP contribution >= 0.6 is 0 Å². The van der Waals surface area contributed by atoms with Crippen molar-refractivity contribution in [3.05, 3.63) is 65.2 Å². The van der Waals surface area contributed by atoms with E-state index in [4.69, 9.17) is 4.74 Å². The number of carbonyl (C=O) groups excluding carboxylic acids is 1. The summed E-state index contributed by atoms with van der Waals surface area (Å²) in [5, 5.41) is 23.4. The van der Waals surface area contributed by atoms with Crippen LogP contribution in [-0.2, 0) is 4.74 Å². The molecule has 3 N–H and O–H groups in total. The average Bonchev–Trinajstić information content (AvgIpc) is 3.11. The van der Waals surface area contributed by atoms with Gasteiger partial charge in [0.15, 0.2) is 0 Å². The van der Waals surface area contributed by atoms with Crippen molar-refractivity contribution in [3.8, 4) is 11.5 Å². The zero-order valence-electron chi connectivity index (χ0n) is 14.5. The Hall–Kier alpha value is -2.95. The van der Waals surface area contributed by atoms with E-state index < -0.39 is 0 Å². The summed E-state index contributed by atoms with van der Waals surface area (Å²) in [5.74, 6) is 0.212. The molecule has 1 aliphatic heterocycles. The van der Waals surface area contributed by atoms with Crippen molar-refractivity contribution < 1.29 is 19.7 Å². The van der Waals surface area contributed by atoms with Gasteiger partial charge < -0.3 is 20.3 Å². The fraction of sp³-hybridized carbons (Fsp3) is 0.286. The van der Waals surface area contributed by atoms with E-state index in [0.29, 0.717) is 12.2 Å². The normalized spacial score (nSPS) is 23.0. The van der Waals surface area contributed by atoms with Crippen molar-refractivity contribution in [1.82, 2.24) is 0 Å². The summed E-state index contributed by atoms with van der Waals surface area (Å²) in [5.41, 5.74) is 3.34. The topological polar surface area (TPSA) is 78.8 Å². The summed E-state index contributed by atoms with van der Waals surface area (Å²) in [7, 11) is 0. The summed E-state index contributed by atoms with van der Waals surface area (Å²) in [6.07, 6.45) is 5.20. The molecular formula is C21H21NO4. The summed E-state index contributed by atoms with van der Waals surface area (Å²) in [4.78, 5) is 12.1. The number of hydrogen-bond donors (Lipinski definition) is 3. The van der Waals surface area contributed by atoms with E-state index in [2.05, 4.69) is 17.5 Å². The molecule has 5 heteroatoms. The van der Waals surface area contributed by atoms with Gasteiger partial charge in [-0.05, 0) is 55.2 Å². The van der Waals surface area contributed by atoms with Crippen LogP contribution < -0.4 is 5.32 Å². The van der Waals surface area contributed by atoms with Crippen molar-refractivity contribution >= 4 is 11.7 Å². The number of fused-ring (bicyclic) bond motifs is 3. The second-order valence-corrected chi connectivity index (χ2v) is 6.74. The third-order valence-electron chi connectivity index (χ3n) is 5.22. The fourth-order valence-corrected chi connectivity index (χ4v) is 4.04. The Kier molecular flexibility index (Phi) is 4.07. The third-order valence-corrected chi connectivity index (χ3v) is 5.22. The molecule has 0 saturated heterocycles. The highest BCUT2D eigenvalue weighted by Gasteiger charge is 2.39. The molecule has 2 aromatic carbocycles. The molecule has 3 atom stereocenters. The Balaban J connectivity index is 1.73. The second kappa shape index (κ2) is 6.41. The Bertz CT molecular complexity index is 890. The van der Waals surface area contributed by atoms with E-state index in [1.807, 2.05) is 12.1 Å². The van der Waals surface area contributed by atoms with Crippen molar-refractivity contribution in [3.63, 3.8) is 0 Å². The van der Waals surface area contributed by atoms with Crippen molar-refractivity contribution in [2.45, 2.75) is 25.3 Å². The van der Waals surface area contributed by atoms with Crippen LogP contribution in [0.15, 0.2) is 48.6 Å². The van der Waals surface area contributed by atoms with E-state index >= 15 is 0 Å². The van der Waals surface area contributed by atoms with Crippen LogP contribution in [0.5, 0.6) is 11.5 Å². The van der Waals surface area contributed by atoms with Gasteiger partial charge in [-0.3, -0.25) is 0 Å². The van der Waals surface area contributed by atoms with Crippen LogP contribution in [0.4, 0.5) is 5.69 Å². The quantitative estimate of drug-likeness (QED) is 0.573. The van der Waals surface area contributed by atoms with Crippen LogP contribution in [-0.4, -0.2) is 22.8 Å². The number of nitrogens with one attached hydrogen (secondary N) is 1. The number of benzene rings is 2. The number of ether oxygens (including phenoxy) is 1. The number of carbonyl (C=O) groups is 1. The number of rotatable bonds is 3. The zero-order chi connectivity index (χ0) is 18.3. The third kappa shape index (κ3) is 2.69. The lowest BCUT2D eigenvalue weighted by Crippen LogP contribution is -2.29. The minimum absolute atomic E-state index is 0.0441. The van der Waals surface area contributed by atoms with E-state index in [-0.39, 0.29) is 35.3 Å².